The monoisotopic (exact) mass is 283 g/mol. The number of hydrogen-bond acceptors (Lipinski definition) is 2. The van der Waals surface area contributed by atoms with Crippen molar-refractivity contribution in [1.82, 2.24) is 0 Å². The molecule has 0 heterocycles. The van der Waals surface area contributed by atoms with Crippen LogP contribution in [-0.4, -0.2) is 17.2 Å². The predicted molar refractivity (Wildman–Crippen MR) is 80.4 cm³/mol. The molecular weight excluding hydrogens is 264 g/mol. The van der Waals surface area contributed by atoms with Gasteiger partial charge in [0.05, 0.1) is 0 Å². The standard InChI is InChI=1S/C15H19F2NS/c1-14(2,3)12-8-5-11(6-9-12)7-10-13(18)15(16,17)19-4/h5-10,18H,1-4H3/b10-7+,18-13?. The van der Waals surface area contributed by atoms with Crippen LogP contribution in [-0.2, 0) is 5.41 Å². The Labute approximate surface area is 117 Å². The first-order valence-corrected chi connectivity index (χ1v) is 7.20. The lowest BCUT2D eigenvalue weighted by atomic mass is 9.87. The Bertz CT molecular complexity index is 470. The van der Waals surface area contributed by atoms with Crippen molar-refractivity contribution in [1.29, 1.82) is 5.41 Å². The van der Waals surface area contributed by atoms with Gasteiger partial charge in [-0.3, -0.25) is 5.41 Å². The van der Waals surface area contributed by atoms with E-state index in [2.05, 4.69) is 20.8 Å². The molecule has 1 rings (SSSR count). The van der Waals surface area contributed by atoms with Gasteiger partial charge in [-0.25, -0.2) is 0 Å². The van der Waals surface area contributed by atoms with Crippen molar-refractivity contribution in [3.63, 3.8) is 0 Å². The van der Waals surface area contributed by atoms with Gasteiger partial charge in [0.25, 0.3) is 0 Å². The van der Waals surface area contributed by atoms with E-state index in [1.165, 1.54) is 11.8 Å². The van der Waals surface area contributed by atoms with Crippen LogP contribution in [0.25, 0.3) is 6.08 Å². The fourth-order valence-electron chi connectivity index (χ4n) is 1.48. The highest BCUT2D eigenvalue weighted by Gasteiger charge is 2.31. The number of nitrogens with one attached hydrogen (secondary N) is 1. The maximum atomic E-state index is 13.2. The molecule has 0 aliphatic rings. The SMILES string of the molecule is CSC(F)(F)C(=N)/C=C/c1ccc(C(C)(C)C)cc1. The summed E-state index contributed by atoms with van der Waals surface area (Å²) in [5.74, 6) is 0. The Morgan fingerprint density at radius 1 is 1.16 bits per heavy atom. The lowest BCUT2D eigenvalue weighted by molar-refractivity contribution is 0.185. The summed E-state index contributed by atoms with van der Waals surface area (Å²) in [6.07, 6.45) is 3.99. The van der Waals surface area contributed by atoms with Crippen LogP contribution < -0.4 is 0 Å². The van der Waals surface area contributed by atoms with Gasteiger partial charge in [0.2, 0.25) is 0 Å². The fraction of sp³-hybridized carbons (Fsp3) is 0.400. The summed E-state index contributed by atoms with van der Waals surface area (Å²) < 4.78 is 26.3. The second kappa shape index (κ2) is 5.87. The molecule has 0 unspecified atom stereocenters. The van der Waals surface area contributed by atoms with E-state index in [9.17, 15) is 8.78 Å². The summed E-state index contributed by atoms with van der Waals surface area (Å²) in [5, 5.41) is 4.20. The number of alkyl halides is 2. The van der Waals surface area contributed by atoms with Crippen LogP contribution in [0.4, 0.5) is 8.78 Å². The highest BCUT2D eigenvalue weighted by atomic mass is 32.2. The van der Waals surface area contributed by atoms with Crippen molar-refractivity contribution >= 4 is 23.5 Å². The summed E-state index contributed by atoms with van der Waals surface area (Å²) in [4.78, 5) is 0. The quantitative estimate of drug-likeness (QED) is 0.775. The minimum absolute atomic E-state index is 0.0703. The molecule has 0 atom stereocenters. The van der Waals surface area contributed by atoms with Crippen LogP contribution in [0, 0.1) is 5.41 Å². The smallest absolute Gasteiger partial charge is 0.298 e. The summed E-state index contributed by atoms with van der Waals surface area (Å²) >= 11 is 0.367. The van der Waals surface area contributed by atoms with Gasteiger partial charge in [-0.1, -0.05) is 62.9 Å². The van der Waals surface area contributed by atoms with Gasteiger partial charge in [0, 0.05) is 0 Å². The van der Waals surface area contributed by atoms with E-state index in [4.69, 9.17) is 5.41 Å². The highest BCUT2D eigenvalue weighted by Crippen LogP contribution is 2.28. The summed E-state index contributed by atoms with van der Waals surface area (Å²) in [6.45, 7) is 6.35. The minimum Gasteiger partial charge on any atom is -0.298 e. The molecule has 0 spiro atoms. The lowest BCUT2D eigenvalue weighted by Crippen LogP contribution is -2.20. The van der Waals surface area contributed by atoms with E-state index in [0.29, 0.717) is 11.8 Å². The Balaban J connectivity index is 2.82. The van der Waals surface area contributed by atoms with Crippen LogP contribution in [0.15, 0.2) is 30.3 Å². The molecular formula is C15H19F2NS. The van der Waals surface area contributed by atoms with E-state index in [1.54, 1.807) is 6.08 Å². The second-order valence-electron chi connectivity index (χ2n) is 5.34. The van der Waals surface area contributed by atoms with Gasteiger partial charge in [0.1, 0.15) is 5.71 Å². The van der Waals surface area contributed by atoms with Crippen LogP contribution in [0.1, 0.15) is 31.9 Å². The molecule has 0 bridgehead atoms. The van der Waals surface area contributed by atoms with Crippen LogP contribution >= 0.6 is 11.8 Å². The first-order valence-electron chi connectivity index (χ1n) is 5.97. The van der Waals surface area contributed by atoms with Crippen LogP contribution in [0.5, 0.6) is 0 Å². The zero-order chi connectivity index (χ0) is 14.7. The minimum atomic E-state index is -3.12. The molecule has 0 fully saturated rings. The molecule has 1 aromatic carbocycles. The molecule has 0 aliphatic heterocycles. The maximum Gasteiger partial charge on any atom is 0.334 e. The average Bonchev–Trinajstić information content (AvgIpc) is 2.35. The van der Waals surface area contributed by atoms with Crippen molar-refractivity contribution in [2.24, 2.45) is 0 Å². The van der Waals surface area contributed by atoms with Crippen LogP contribution in [0.2, 0.25) is 0 Å². The highest BCUT2D eigenvalue weighted by molar-refractivity contribution is 8.00. The largest absolute Gasteiger partial charge is 0.334 e. The predicted octanol–water partition coefficient (Wildman–Crippen LogP) is 4.97. The van der Waals surface area contributed by atoms with Gasteiger partial charge in [0.15, 0.2) is 0 Å². The third-order valence-electron chi connectivity index (χ3n) is 2.79. The molecule has 4 heteroatoms. The van der Waals surface area contributed by atoms with Crippen molar-refractivity contribution in [3.05, 3.63) is 41.5 Å². The van der Waals surface area contributed by atoms with Gasteiger partial charge in [-0.05, 0) is 28.9 Å². The van der Waals surface area contributed by atoms with Gasteiger partial charge < -0.3 is 0 Å². The summed E-state index contributed by atoms with van der Waals surface area (Å²) in [7, 11) is 0. The number of thioether (sulfide) groups is 1. The molecule has 0 amide bonds. The van der Waals surface area contributed by atoms with E-state index in [0.717, 1.165) is 11.6 Å². The fourth-order valence-corrected chi connectivity index (χ4v) is 1.77. The molecule has 104 valence electrons. The normalized spacial score (nSPS) is 12.9. The van der Waals surface area contributed by atoms with Crippen LogP contribution in [0.3, 0.4) is 0 Å². The number of hydrogen-bond donors (Lipinski definition) is 1. The Morgan fingerprint density at radius 2 is 1.68 bits per heavy atom. The zero-order valence-corrected chi connectivity index (χ0v) is 12.4. The molecule has 0 radical (unpaired) electrons. The topological polar surface area (TPSA) is 23.9 Å². The van der Waals surface area contributed by atoms with E-state index in [-0.39, 0.29) is 5.41 Å². The molecule has 0 aliphatic carbocycles. The average molecular weight is 283 g/mol. The van der Waals surface area contributed by atoms with Crippen molar-refractivity contribution in [3.8, 4) is 0 Å². The van der Waals surface area contributed by atoms with Crippen molar-refractivity contribution in [2.75, 3.05) is 6.26 Å². The first kappa shape index (κ1) is 15.9. The van der Waals surface area contributed by atoms with Gasteiger partial charge in [-0.15, -0.1) is 0 Å². The molecule has 1 aromatic rings. The van der Waals surface area contributed by atoms with E-state index in [1.807, 2.05) is 24.3 Å². The van der Waals surface area contributed by atoms with Crippen molar-refractivity contribution in [2.45, 2.75) is 31.4 Å². The third-order valence-corrected chi connectivity index (χ3v) is 3.52. The molecule has 0 saturated carbocycles. The Morgan fingerprint density at radius 3 is 2.11 bits per heavy atom. The lowest BCUT2D eigenvalue weighted by Gasteiger charge is -2.18. The number of rotatable bonds is 4. The molecule has 1 nitrogen and oxygen atoms in total. The van der Waals surface area contributed by atoms with E-state index >= 15 is 0 Å². The third kappa shape index (κ3) is 4.46. The molecule has 19 heavy (non-hydrogen) atoms. The summed E-state index contributed by atoms with van der Waals surface area (Å²) in [5.41, 5.74) is 1.39. The van der Waals surface area contributed by atoms with Gasteiger partial charge in [-0.2, -0.15) is 8.78 Å². The molecule has 0 saturated heterocycles. The summed E-state index contributed by atoms with van der Waals surface area (Å²) in [6, 6.07) is 7.72. The number of allylic oxidation sites excluding steroid dienone is 1. The zero-order valence-electron chi connectivity index (χ0n) is 11.6. The first-order chi connectivity index (χ1) is 8.66. The number of benzene rings is 1. The Kier molecular flexibility index (Phi) is 4.91. The Hall–Kier alpha value is -1.16. The molecule has 1 N–H and O–H groups in total. The van der Waals surface area contributed by atoms with E-state index < -0.39 is 11.0 Å². The maximum absolute atomic E-state index is 13.2. The van der Waals surface area contributed by atoms with Crippen molar-refractivity contribution < 1.29 is 8.78 Å². The molecule has 0 aromatic heterocycles. The number of halogens is 2. The second-order valence-corrected chi connectivity index (χ2v) is 6.26. The van der Waals surface area contributed by atoms with Gasteiger partial charge >= 0.3 is 5.25 Å².